The molecule has 1 heterocycles. The van der Waals surface area contributed by atoms with E-state index in [1.807, 2.05) is 6.07 Å². The van der Waals surface area contributed by atoms with Gasteiger partial charge in [0.05, 0.1) is 6.00 Å². The van der Waals surface area contributed by atoms with Crippen LogP contribution in [0.3, 0.4) is 0 Å². The molecule has 86 valence electrons. The summed E-state index contributed by atoms with van der Waals surface area (Å²) in [5.74, 6) is 0.115. The van der Waals surface area contributed by atoms with Crippen LogP contribution in [0.5, 0.6) is 0 Å². The maximum absolute atomic E-state index is 11.2. The average molecular weight is 239 g/mol. The van der Waals surface area contributed by atoms with Gasteiger partial charge < -0.3 is 10.6 Å². The number of hydrogen-bond acceptors (Lipinski definition) is 2. The van der Waals surface area contributed by atoms with Gasteiger partial charge in [-0.05, 0) is 30.0 Å². The number of amides is 1. The first-order chi connectivity index (χ1) is 7.79. The van der Waals surface area contributed by atoms with Crippen LogP contribution in [-0.4, -0.2) is 18.5 Å². The highest BCUT2D eigenvalue weighted by atomic mass is 35.5. The second kappa shape index (κ2) is 5.32. The number of alkyl halides is 1. The van der Waals surface area contributed by atoms with Crippen molar-refractivity contribution in [2.24, 2.45) is 0 Å². The van der Waals surface area contributed by atoms with Crippen molar-refractivity contribution in [2.45, 2.75) is 19.3 Å². The highest BCUT2D eigenvalue weighted by molar-refractivity contribution is 6.17. The van der Waals surface area contributed by atoms with Crippen LogP contribution in [0.2, 0.25) is 0 Å². The maximum Gasteiger partial charge on any atom is 0.224 e. The lowest BCUT2D eigenvalue weighted by Gasteiger charge is -2.17. The Morgan fingerprint density at radius 1 is 1.38 bits per heavy atom. The van der Waals surface area contributed by atoms with Crippen molar-refractivity contribution in [2.75, 3.05) is 17.9 Å². The van der Waals surface area contributed by atoms with E-state index in [0.29, 0.717) is 12.4 Å². The molecular formula is C12H15ClN2O. The predicted octanol–water partition coefficient (Wildman–Crippen LogP) is 1.90. The third-order valence-electron chi connectivity index (χ3n) is 2.75. The van der Waals surface area contributed by atoms with Gasteiger partial charge in [-0.15, -0.1) is 11.6 Å². The van der Waals surface area contributed by atoms with Crippen molar-refractivity contribution in [3.05, 3.63) is 29.3 Å². The van der Waals surface area contributed by atoms with E-state index in [4.69, 9.17) is 11.6 Å². The smallest absolute Gasteiger partial charge is 0.224 e. The number of carbonyl (C=O) groups excluding carboxylic acids is 1. The van der Waals surface area contributed by atoms with Gasteiger partial charge in [-0.25, -0.2) is 0 Å². The monoisotopic (exact) mass is 238 g/mol. The molecule has 0 saturated carbocycles. The molecule has 1 aliphatic heterocycles. The predicted molar refractivity (Wildman–Crippen MR) is 65.8 cm³/mol. The Morgan fingerprint density at radius 2 is 2.25 bits per heavy atom. The topological polar surface area (TPSA) is 41.1 Å². The van der Waals surface area contributed by atoms with Crippen molar-refractivity contribution >= 4 is 23.2 Å². The lowest BCUT2D eigenvalue weighted by atomic mass is 9.99. The summed E-state index contributed by atoms with van der Waals surface area (Å²) in [6, 6.07) is 6.70. The van der Waals surface area contributed by atoms with Gasteiger partial charge in [-0.2, -0.15) is 0 Å². The average Bonchev–Trinajstić information content (AvgIpc) is 2.29. The Morgan fingerprint density at radius 3 is 3.06 bits per heavy atom. The SMILES string of the molecule is O=C1CCc2cc(CCNCCl)ccc2N1. The number of fused-ring (bicyclic) bond motifs is 1. The second-order valence-corrected chi connectivity index (χ2v) is 4.19. The van der Waals surface area contributed by atoms with E-state index in [0.717, 1.165) is 25.1 Å². The van der Waals surface area contributed by atoms with E-state index in [2.05, 4.69) is 22.8 Å². The Hall–Kier alpha value is -1.06. The van der Waals surface area contributed by atoms with Crippen molar-refractivity contribution in [1.82, 2.24) is 5.32 Å². The molecule has 2 rings (SSSR count). The number of halogens is 1. The zero-order valence-corrected chi connectivity index (χ0v) is 9.81. The lowest BCUT2D eigenvalue weighted by molar-refractivity contribution is -0.116. The Balaban J connectivity index is 2.04. The summed E-state index contributed by atoms with van der Waals surface area (Å²) in [6.07, 6.45) is 2.41. The van der Waals surface area contributed by atoms with Crippen LogP contribution in [0.4, 0.5) is 5.69 Å². The second-order valence-electron chi connectivity index (χ2n) is 3.92. The standard InChI is InChI=1S/C12H15ClN2O/c13-8-14-6-5-9-1-3-11-10(7-9)2-4-12(16)15-11/h1,3,7,14H,2,4-6,8H2,(H,15,16). The molecule has 4 heteroatoms. The summed E-state index contributed by atoms with van der Waals surface area (Å²) < 4.78 is 0. The first-order valence-electron chi connectivity index (χ1n) is 5.48. The van der Waals surface area contributed by atoms with Crippen LogP contribution >= 0.6 is 11.6 Å². The molecule has 0 bridgehead atoms. The van der Waals surface area contributed by atoms with Gasteiger partial charge in [0.25, 0.3) is 0 Å². The van der Waals surface area contributed by atoms with Crippen LogP contribution in [0.1, 0.15) is 17.5 Å². The number of rotatable bonds is 4. The van der Waals surface area contributed by atoms with E-state index in [-0.39, 0.29) is 5.91 Å². The maximum atomic E-state index is 11.2. The van der Waals surface area contributed by atoms with E-state index in [1.165, 1.54) is 11.1 Å². The zero-order valence-electron chi connectivity index (χ0n) is 9.05. The molecule has 1 amide bonds. The number of carbonyl (C=O) groups is 1. The van der Waals surface area contributed by atoms with Crippen molar-refractivity contribution in [3.8, 4) is 0 Å². The minimum absolute atomic E-state index is 0.115. The molecule has 0 spiro atoms. The molecule has 2 N–H and O–H groups in total. The molecule has 0 saturated heterocycles. The third-order valence-corrected chi connectivity index (χ3v) is 2.94. The van der Waals surface area contributed by atoms with Crippen LogP contribution < -0.4 is 10.6 Å². The molecule has 0 aromatic heterocycles. The van der Waals surface area contributed by atoms with Crippen LogP contribution in [0, 0.1) is 0 Å². The largest absolute Gasteiger partial charge is 0.326 e. The fourth-order valence-electron chi connectivity index (χ4n) is 1.89. The first-order valence-corrected chi connectivity index (χ1v) is 6.01. The van der Waals surface area contributed by atoms with Gasteiger partial charge in [-0.3, -0.25) is 4.79 Å². The molecule has 16 heavy (non-hydrogen) atoms. The van der Waals surface area contributed by atoms with Crippen LogP contribution in [0.15, 0.2) is 18.2 Å². The van der Waals surface area contributed by atoms with Gasteiger partial charge in [0.1, 0.15) is 0 Å². The molecule has 1 aliphatic rings. The minimum atomic E-state index is 0.115. The molecule has 3 nitrogen and oxygen atoms in total. The van der Waals surface area contributed by atoms with Gasteiger partial charge in [0.2, 0.25) is 5.91 Å². The first kappa shape index (κ1) is 11.4. The summed E-state index contributed by atoms with van der Waals surface area (Å²) in [5, 5.41) is 5.96. The van der Waals surface area contributed by atoms with Gasteiger partial charge in [-0.1, -0.05) is 12.1 Å². The van der Waals surface area contributed by atoms with Crippen LogP contribution in [0.25, 0.3) is 0 Å². The summed E-state index contributed by atoms with van der Waals surface area (Å²) in [4.78, 5) is 11.2. The Kier molecular flexibility index (Phi) is 3.80. The summed E-state index contributed by atoms with van der Waals surface area (Å²) in [5.41, 5.74) is 3.49. The number of aryl methyl sites for hydroxylation is 1. The molecule has 0 aliphatic carbocycles. The van der Waals surface area contributed by atoms with E-state index >= 15 is 0 Å². The van der Waals surface area contributed by atoms with Crippen molar-refractivity contribution in [1.29, 1.82) is 0 Å². The van der Waals surface area contributed by atoms with Crippen molar-refractivity contribution < 1.29 is 4.79 Å². The number of anilines is 1. The Labute approximate surface area is 100 Å². The molecule has 0 unspecified atom stereocenters. The summed E-state index contributed by atoms with van der Waals surface area (Å²) in [6.45, 7) is 0.884. The van der Waals surface area contributed by atoms with Gasteiger partial charge in [0, 0.05) is 18.7 Å². The van der Waals surface area contributed by atoms with Gasteiger partial charge in [0.15, 0.2) is 0 Å². The molecule has 1 aromatic carbocycles. The highest BCUT2D eigenvalue weighted by Crippen LogP contribution is 2.23. The minimum Gasteiger partial charge on any atom is -0.326 e. The zero-order chi connectivity index (χ0) is 11.4. The summed E-state index contributed by atoms with van der Waals surface area (Å²) in [7, 11) is 0. The number of benzene rings is 1. The van der Waals surface area contributed by atoms with E-state index in [9.17, 15) is 4.79 Å². The van der Waals surface area contributed by atoms with Crippen molar-refractivity contribution in [3.63, 3.8) is 0 Å². The Bertz CT molecular complexity index is 393. The fraction of sp³-hybridized carbons (Fsp3) is 0.417. The quantitative estimate of drug-likeness (QED) is 0.478. The molecule has 0 atom stereocenters. The fourth-order valence-corrected chi connectivity index (χ4v) is 2.03. The highest BCUT2D eigenvalue weighted by Gasteiger charge is 2.14. The molecule has 1 aromatic rings. The van der Waals surface area contributed by atoms with E-state index < -0.39 is 0 Å². The van der Waals surface area contributed by atoms with E-state index in [1.54, 1.807) is 0 Å². The van der Waals surface area contributed by atoms with Gasteiger partial charge >= 0.3 is 0 Å². The molecular weight excluding hydrogens is 224 g/mol. The summed E-state index contributed by atoms with van der Waals surface area (Å²) >= 11 is 5.54. The number of hydrogen-bond donors (Lipinski definition) is 2. The molecule has 0 fully saturated rings. The lowest BCUT2D eigenvalue weighted by Crippen LogP contribution is -2.19. The molecule has 0 radical (unpaired) electrons. The number of nitrogens with one attached hydrogen (secondary N) is 2. The van der Waals surface area contributed by atoms with Crippen LogP contribution in [-0.2, 0) is 17.6 Å². The third kappa shape index (κ3) is 2.74. The normalized spacial score (nSPS) is 14.4.